The monoisotopic (exact) mass is 372 g/mol. The van der Waals surface area contributed by atoms with Crippen LogP contribution in [0.25, 0.3) is 0 Å². The van der Waals surface area contributed by atoms with E-state index < -0.39 is 0 Å². The molecule has 0 unspecified atom stereocenters. The van der Waals surface area contributed by atoms with Crippen LogP contribution in [0.15, 0.2) is 31.0 Å². The van der Waals surface area contributed by atoms with Crippen LogP contribution >= 0.6 is 12.2 Å². The Kier molecular flexibility index (Phi) is 5.67. The Hall–Kier alpha value is -2.68. The lowest BCUT2D eigenvalue weighted by molar-refractivity contribution is 0.633. The first-order valence-corrected chi connectivity index (χ1v) is 9.09. The van der Waals surface area contributed by atoms with E-state index in [1.165, 1.54) is 5.69 Å². The van der Waals surface area contributed by atoms with Crippen molar-refractivity contribution in [3.05, 3.63) is 47.8 Å². The molecule has 0 aliphatic rings. The van der Waals surface area contributed by atoms with Gasteiger partial charge >= 0.3 is 0 Å². The van der Waals surface area contributed by atoms with Gasteiger partial charge in [0.15, 0.2) is 5.11 Å². The zero-order chi connectivity index (χ0) is 18.5. The van der Waals surface area contributed by atoms with Crippen LogP contribution in [0.4, 0.5) is 5.69 Å². The molecule has 3 rings (SSSR count). The van der Waals surface area contributed by atoms with Gasteiger partial charge in [-0.3, -0.25) is 14.0 Å². The summed E-state index contributed by atoms with van der Waals surface area (Å²) < 4.78 is 5.75. The van der Waals surface area contributed by atoms with Crippen LogP contribution in [0.1, 0.15) is 30.7 Å². The molecule has 8 nitrogen and oxygen atoms in total. The number of hydrogen-bond acceptors (Lipinski definition) is 4. The van der Waals surface area contributed by atoms with Crippen LogP contribution in [0.3, 0.4) is 0 Å². The molecular weight excluding hydrogens is 348 g/mol. The molecular formula is C17H24N8S. The standard InChI is InChI=1S/C17H24N8S/c1-4-23-10-14(7-19-23)6-18-17(26)22-16-9-20-24(12-16)11-15-8-21-25(5-2)13(15)3/h7-10,12H,4-6,11H2,1-3H3,(H2,18,22,26). The van der Waals surface area contributed by atoms with Crippen molar-refractivity contribution < 1.29 is 0 Å². The van der Waals surface area contributed by atoms with Crippen LogP contribution in [-0.4, -0.2) is 34.5 Å². The van der Waals surface area contributed by atoms with Crippen molar-refractivity contribution in [2.45, 2.75) is 47.0 Å². The van der Waals surface area contributed by atoms with Gasteiger partial charge in [-0.15, -0.1) is 0 Å². The van der Waals surface area contributed by atoms with Crippen molar-refractivity contribution in [3.63, 3.8) is 0 Å². The van der Waals surface area contributed by atoms with Crippen molar-refractivity contribution in [3.8, 4) is 0 Å². The van der Waals surface area contributed by atoms with E-state index >= 15 is 0 Å². The van der Waals surface area contributed by atoms with E-state index in [0.717, 1.165) is 29.9 Å². The summed E-state index contributed by atoms with van der Waals surface area (Å²) in [6.45, 7) is 9.27. The first kappa shape index (κ1) is 18.1. The molecule has 0 aliphatic carbocycles. The Morgan fingerprint density at radius 1 is 1.04 bits per heavy atom. The van der Waals surface area contributed by atoms with E-state index in [0.29, 0.717) is 18.2 Å². The highest BCUT2D eigenvalue weighted by molar-refractivity contribution is 7.80. The molecule has 0 saturated heterocycles. The predicted octanol–water partition coefficient (Wildman–Crippen LogP) is 2.16. The van der Waals surface area contributed by atoms with E-state index in [1.54, 1.807) is 6.20 Å². The van der Waals surface area contributed by atoms with E-state index in [-0.39, 0.29) is 0 Å². The second kappa shape index (κ2) is 8.13. The summed E-state index contributed by atoms with van der Waals surface area (Å²) in [5, 5.41) is 19.9. The van der Waals surface area contributed by atoms with Gasteiger partial charge in [-0.25, -0.2) is 0 Å². The summed E-state index contributed by atoms with van der Waals surface area (Å²) in [6, 6.07) is 0. The fraction of sp³-hybridized carbons (Fsp3) is 0.412. The van der Waals surface area contributed by atoms with Crippen LogP contribution in [0, 0.1) is 6.92 Å². The molecule has 0 atom stereocenters. The molecule has 0 spiro atoms. The van der Waals surface area contributed by atoms with Gasteiger partial charge in [0.1, 0.15) is 0 Å². The summed E-state index contributed by atoms with van der Waals surface area (Å²) >= 11 is 5.35. The Labute approximate surface area is 158 Å². The minimum atomic E-state index is 0.559. The summed E-state index contributed by atoms with van der Waals surface area (Å²) in [5.41, 5.74) is 4.28. The van der Waals surface area contributed by atoms with Crippen LogP contribution < -0.4 is 10.6 Å². The maximum atomic E-state index is 5.35. The second-order valence-corrected chi connectivity index (χ2v) is 6.42. The lowest BCUT2D eigenvalue weighted by atomic mass is 10.2. The molecule has 3 aromatic heterocycles. The first-order valence-electron chi connectivity index (χ1n) is 8.69. The second-order valence-electron chi connectivity index (χ2n) is 6.01. The lowest BCUT2D eigenvalue weighted by Crippen LogP contribution is -2.27. The first-order chi connectivity index (χ1) is 12.6. The number of aromatic nitrogens is 6. The molecule has 0 radical (unpaired) electrons. The molecule has 3 heterocycles. The van der Waals surface area contributed by atoms with Gasteiger partial charge in [0.2, 0.25) is 0 Å². The molecule has 138 valence electrons. The molecule has 0 aliphatic heterocycles. The highest BCUT2D eigenvalue weighted by Gasteiger charge is 2.08. The van der Waals surface area contributed by atoms with Gasteiger partial charge in [-0.1, -0.05) is 0 Å². The summed E-state index contributed by atoms with van der Waals surface area (Å²) in [6.07, 6.45) is 9.45. The number of hydrogen-bond donors (Lipinski definition) is 2. The number of thiocarbonyl (C=S) groups is 1. The van der Waals surface area contributed by atoms with E-state index in [2.05, 4.69) is 46.7 Å². The molecule has 0 amide bonds. The highest BCUT2D eigenvalue weighted by atomic mass is 32.1. The SMILES string of the molecule is CCn1cc(CNC(=S)Nc2cnn(Cc3cnn(CC)c3C)c2)cn1. The molecule has 0 saturated carbocycles. The Morgan fingerprint density at radius 2 is 1.85 bits per heavy atom. The third kappa shape index (κ3) is 4.29. The quantitative estimate of drug-likeness (QED) is 0.619. The fourth-order valence-corrected chi connectivity index (χ4v) is 2.87. The Balaban J connectivity index is 1.52. The maximum absolute atomic E-state index is 5.35. The van der Waals surface area contributed by atoms with Crippen LogP contribution in [-0.2, 0) is 26.2 Å². The van der Waals surface area contributed by atoms with Crippen molar-refractivity contribution in [1.82, 2.24) is 34.7 Å². The van der Waals surface area contributed by atoms with E-state index in [4.69, 9.17) is 12.2 Å². The normalized spacial score (nSPS) is 10.9. The largest absolute Gasteiger partial charge is 0.358 e. The fourth-order valence-electron chi connectivity index (χ4n) is 2.68. The zero-order valence-corrected chi connectivity index (χ0v) is 16.1. The Bertz CT molecular complexity index is 875. The lowest BCUT2D eigenvalue weighted by Gasteiger charge is -2.07. The van der Waals surface area contributed by atoms with Crippen molar-refractivity contribution in [2.24, 2.45) is 0 Å². The minimum absolute atomic E-state index is 0.559. The maximum Gasteiger partial charge on any atom is 0.171 e. The highest BCUT2D eigenvalue weighted by Crippen LogP contribution is 2.11. The van der Waals surface area contributed by atoms with E-state index in [9.17, 15) is 0 Å². The molecule has 0 aromatic carbocycles. The molecule has 2 N–H and O–H groups in total. The van der Waals surface area contributed by atoms with Gasteiger partial charge in [-0.2, -0.15) is 15.3 Å². The van der Waals surface area contributed by atoms with Gasteiger partial charge in [-0.05, 0) is 33.0 Å². The number of aryl methyl sites for hydroxylation is 2. The van der Waals surface area contributed by atoms with Crippen molar-refractivity contribution in [1.29, 1.82) is 0 Å². The van der Waals surface area contributed by atoms with Crippen molar-refractivity contribution in [2.75, 3.05) is 5.32 Å². The topological polar surface area (TPSA) is 77.5 Å². The minimum Gasteiger partial charge on any atom is -0.358 e. The molecule has 9 heteroatoms. The Morgan fingerprint density at radius 3 is 2.54 bits per heavy atom. The predicted molar refractivity (Wildman–Crippen MR) is 105 cm³/mol. The van der Waals surface area contributed by atoms with Gasteiger partial charge in [0.25, 0.3) is 0 Å². The smallest absolute Gasteiger partial charge is 0.171 e. The molecule has 0 bridgehead atoms. The number of nitrogens with zero attached hydrogens (tertiary/aromatic N) is 6. The van der Waals surface area contributed by atoms with E-state index in [1.807, 2.05) is 38.8 Å². The third-order valence-electron chi connectivity index (χ3n) is 4.19. The number of anilines is 1. The molecule has 26 heavy (non-hydrogen) atoms. The summed E-state index contributed by atoms with van der Waals surface area (Å²) in [7, 11) is 0. The zero-order valence-electron chi connectivity index (χ0n) is 15.3. The number of nitrogens with one attached hydrogen (secondary N) is 2. The van der Waals surface area contributed by atoms with Crippen molar-refractivity contribution >= 4 is 23.0 Å². The molecule has 3 aromatic rings. The van der Waals surface area contributed by atoms with Crippen LogP contribution in [0.5, 0.6) is 0 Å². The van der Waals surface area contributed by atoms with Gasteiger partial charge in [0, 0.05) is 48.8 Å². The average Bonchev–Trinajstić information content (AvgIpc) is 3.35. The number of rotatable bonds is 7. The van der Waals surface area contributed by atoms with Gasteiger partial charge in [0.05, 0.1) is 30.8 Å². The summed E-state index contributed by atoms with van der Waals surface area (Å²) in [4.78, 5) is 0. The average molecular weight is 373 g/mol. The molecule has 0 fully saturated rings. The summed E-state index contributed by atoms with van der Waals surface area (Å²) in [5.74, 6) is 0. The third-order valence-corrected chi connectivity index (χ3v) is 4.44. The van der Waals surface area contributed by atoms with Gasteiger partial charge < -0.3 is 10.6 Å². The van der Waals surface area contributed by atoms with Crippen LogP contribution in [0.2, 0.25) is 0 Å².